The van der Waals surface area contributed by atoms with E-state index < -0.39 is 17.5 Å². The van der Waals surface area contributed by atoms with Gasteiger partial charge in [0.05, 0.1) is 0 Å². The van der Waals surface area contributed by atoms with Gasteiger partial charge >= 0.3 is 0 Å². The molecule has 3 heteroatoms. The number of alkyl halides is 3. The number of halogens is 3. The zero-order chi connectivity index (χ0) is 71.7. The predicted octanol–water partition coefficient (Wildman–Crippen LogP) is 31.0. The Kier molecular flexibility index (Phi) is 32.5. The van der Waals surface area contributed by atoms with E-state index in [0.29, 0.717) is 66.0 Å². The minimum Gasteiger partial charge on any atom is -0.247 e. The molecule has 0 N–H and O–H groups in total. The van der Waals surface area contributed by atoms with Gasteiger partial charge in [-0.3, -0.25) is 0 Å². The Morgan fingerprint density at radius 2 is 0.659 bits per heavy atom. The van der Waals surface area contributed by atoms with E-state index in [-0.39, 0.29) is 5.41 Å². The summed E-state index contributed by atoms with van der Waals surface area (Å²) in [5, 5.41) is 0. The van der Waals surface area contributed by atoms with Crippen molar-refractivity contribution >= 4 is 0 Å². The van der Waals surface area contributed by atoms with Gasteiger partial charge in [-0.05, 0) is 272 Å². The zero-order valence-corrected chi connectivity index (χ0v) is 69.8. The van der Waals surface area contributed by atoms with Crippen molar-refractivity contribution in [2.75, 3.05) is 0 Å². The van der Waals surface area contributed by atoms with Crippen molar-refractivity contribution in [1.29, 1.82) is 0 Å². The molecule has 0 saturated heterocycles. The molecule has 0 radical (unpaired) electrons. The van der Waals surface area contributed by atoms with Gasteiger partial charge in [-0.15, -0.1) is 0 Å². The molecule has 7 unspecified atom stereocenters. The van der Waals surface area contributed by atoms with Gasteiger partial charge in [0.25, 0.3) is 0 Å². The first-order valence-corrected chi connectivity index (χ1v) is 39.1. The van der Waals surface area contributed by atoms with Crippen LogP contribution in [-0.4, -0.2) is 17.5 Å². The molecular weight excluding hydrogens is 1110 g/mol. The second-order valence-corrected chi connectivity index (χ2v) is 47.1. The Morgan fingerprint density at radius 1 is 0.363 bits per heavy atom. The molecule has 0 aromatic rings. The first-order chi connectivity index (χ1) is 40.0. The number of hydrogen-bond acceptors (Lipinski definition) is 0. The van der Waals surface area contributed by atoms with Crippen molar-refractivity contribution in [3.63, 3.8) is 0 Å². The van der Waals surface area contributed by atoms with E-state index in [1.807, 2.05) is 0 Å². The van der Waals surface area contributed by atoms with Crippen molar-refractivity contribution in [2.45, 2.75) is 441 Å². The molecular formula is C88H173F3. The maximum atomic E-state index is 13.0. The summed E-state index contributed by atoms with van der Waals surface area (Å²) in [7, 11) is 0. The molecule has 91 heavy (non-hydrogen) atoms. The van der Waals surface area contributed by atoms with Gasteiger partial charge in [0.15, 0.2) is 0 Å². The molecule has 0 spiro atoms. The summed E-state index contributed by atoms with van der Waals surface area (Å²) in [5.74, 6) is 7.93. The highest BCUT2D eigenvalue weighted by molar-refractivity contribution is 5.02. The molecule has 0 aromatic heterocycles. The fraction of sp³-hybridized carbons (Fsp3) is 1.00. The second kappa shape index (κ2) is 33.3. The first-order valence-electron chi connectivity index (χ1n) is 39.1. The summed E-state index contributed by atoms with van der Waals surface area (Å²) < 4.78 is 38.3. The smallest absolute Gasteiger partial charge is 0.111 e. The van der Waals surface area contributed by atoms with Gasteiger partial charge in [0, 0.05) is 0 Å². The average Bonchev–Trinajstić information content (AvgIpc) is 1.66. The maximum absolute atomic E-state index is 13.0. The second-order valence-electron chi connectivity index (χ2n) is 47.1. The van der Waals surface area contributed by atoms with Crippen LogP contribution in [0.4, 0.5) is 13.2 Å². The summed E-state index contributed by atoms with van der Waals surface area (Å²) in [5.41, 5.74) is 5.22. The van der Waals surface area contributed by atoms with Crippen molar-refractivity contribution in [2.24, 2.45) is 124 Å². The third kappa shape index (κ3) is 52.5. The standard InChI is InChI=1S/C10H20.C9H17F.5C9H18.2C8H15F.C8H16/c1-9(2,3)6-8-7-10(8,4)5;1-8(2,3)5-7-6-9(7,4)10;2*1-8(2,3)7-9(4)5-6-9;2*1-7(8-5-6-8)9(2,3)4;1-9(2,3)7-6-8-4-5-8;1-8(2,3)5-6-4-7(6)9;1-7(2,3)6-8(9)4-5-8;1-8(2,3)6-7-4-5-7/h8H,6-7H2,1-5H3;7H,5-6H2,1-4H3;2*5-7H2,1-4H3;2*7-8H,5-6H2,1-4H3;8H,4-7H2,1-3H3;6-7H,4-5H2,1-3H3;4-6H2,1-3H3;7H,4-6H2,1-3H3. The minimum absolute atomic E-state index is 0.172. The highest BCUT2D eigenvalue weighted by Crippen LogP contribution is 2.57. The third-order valence-corrected chi connectivity index (χ3v) is 21.2. The Morgan fingerprint density at radius 3 is 0.769 bits per heavy atom. The normalized spacial score (nSPS) is 26.9. The SMILES string of the molecule is CC(C)(C)CC1(C)CC1.CC(C)(C)CC1(C)CC1.CC(C)(C)CC1(F)CC1.CC(C)(C)CC1CC1.CC(C)(C)CC1CC1(C)C.CC(C)(C)CC1CC1(C)F.CC(C)(C)CC1CC1F.CC(C)(C)CCC1CC1.CC(C1CC1)C(C)(C)C.CC(C1CC1)C(C)(C)C. The lowest BCUT2D eigenvalue weighted by molar-refractivity contribution is 0.204. The van der Waals surface area contributed by atoms with E-state index in [1.165, 1.54) is 122 Å². The van der Waals surface area contributed by atoms with E-state index in [1.54, 1.807) is 6.92 Å². The molecule has 10 saturated carbocycles. The minimum atomic E-state index is -0.826. The Balaban J connectivity index is 0.000000506. The van der Waals surface area contributed by atoms with Crippen LogP contribution in [0.1, 0.15) is 423 Å². The molecule has 0 aromatic carbocycles. The monoisotopic (exact) mass is 1290 g/mol. The van der Waals surface area contributed by atoms with Crippen LogP contribution in [-0.2, 0) is 0 Å². The van der Waals surface area contributed by atoms with E-state index >= 15 is 0 Å². The molecule has 0 amide bonds. The van der Waals surface area contributed by atoms with Crippen molar-refractivity contribution in [3.8, 4) is 0 Å². The molecule has 10 fully saturated rings. The summed E-state index contributed by atoms with van der Waals surface area (Å²) in [6.45, 7) is 84.3. The molecule has 546 valence electrons. The van der Waals surface area contributed by atoms with E-state index in [0.717, 1.165) is 97.2 Å². The largest absolute Gasteiger partial charge is 0.247 e. The Bertz CT molecular complexity index is 1840. The molecule has 0 bridgehead atoms. The summed E-state index contributed by atoms with van der Waals surface area (Å²) in [6, 6.07) is 0. The Labute approximate surface area is 574 Å². The average molecular weight is 1290 g/mol. The summed E-state index contributed by atoms with van der Waals surface area (Å²) in [4.78, 5) is 0. The lowest BCUT2D eigenvalue weighted by Gasteiger charge is -2.26. The molecule has 0 heterocycles. The van der Waals surface area contributed by atoms with Gasteiger partial charge in [0.1, 0.15) is 17.5 Å². The van der Waals surface area contributed by atoms with Crippen molar-refractivity contribution in [3.05, 3.63) is 0 Å². The topological polar surface area (TPSA) is 0 Å². The first kappa shape index (κ1) is 88.8. The summed E-state index contributed by atoms with van der Waals surface area (Å²) >= 11 is 0. The molecule has 10 aliphatic carbocycles. The quantitative estimate of drug-likeness (QED) is 0.193. The lowest BCUT2D eigenvalue weighted by atomic mass is 9.79. The van der Waals surface area contributed by atoms with Crippen LogP contribution in [0.25, 0.3) is 0 Å². The Hall–Kier alpha value is -0.210. The van der Waals surface area contributed by atoms with Crippen LogP contribution in [0, 0.1) is 124 Å². The van der Waals surface area contributed by atoms with Gasteiger partial charge in [-0.2, -0.15) is 0 Å². The highest BCUT2D eigenvalue weighted by atomic mass is 19.2. The van der Waals surface area contributed by atoms with Crippen LogP contribution in [0.2, 0.25) is 0 Å². The number of hydrogen-bond donors (Lipinski definition) is 0. The van der Waals surface area contributed by atoms with E-state index in [4.69, 9.17) is 0 Å². The van der Waals surface area contributed by atoms with Crippen LogP contribution in [0.15, 0.2) is 0 Å². The van der Waals surface area contributed by atoms with Gasteiger partial charge < -0.3 is 0 Å². The van der Waals surface area contributed by atoms with Crippen molar-refractivity contribution < 1.29 is 13.2 Å². The van der Waals surface area contributed by atoms with Gasteiger partial charge in [-0.25, -0.2) is 13.2 Å². The fourth-order valence-electron chi connectivity index (χ4n) is 13.8. The van der Waals surface area contributed by atoms with Crippen LogP contribution in [0.5, 0.6) is 0 Å². The molecule has 0 aliphatic heterocycles. The highest BCUT2D eigenvalue weighted by Gasteiger charge is 2.52. The van der Waals surface area contributed by atoms with E-state index in [2.05, 4.69) is 249 Å². The molecule has 10 rings (SSSR count). The van der Waals surface area contributed by atoms with Crippen LogP contribution >= 0.6 is 0 Å². The van der Waals surface area contributed by atoms with Gasteiger partial charge in [0.2, 0.25) is 0 Å². The fourth-order valence-corrected chi connectivity index (χ4v) is 13.8. The molecule has 10 aliphatic rings. The lowest BCUT2D eigenvalue weighted by Crippen LogP contribution is -2.18. The summed E-state index contributed by atoms with van der Waals surface area (Å²) in [6.07, 6.45) is 33.3. The number of rotatable bonds is 11. The van der Waals surface area contributed by atoms with E-state index in [9.17, 15) is 13.2 Å². The predicted molar refractivity (Wildman–Crippen MR) is 406 cm³/mol. The van der Waals surface area contributed by atoms with Gasteiger partial charge in [-0.1, -0.05) is 275 Å². The molecule has 0 nitrogen and oxygen atoms in total. The van der Waals surface area contributed by atoms with Crippen LogP contribution in [0.3, 0.4) is 0 Å². The maximum Gasteiger partial charge on any atom is 0.111 e. The molecule has 7 atom stereocenters. The van der Waals surface area contributed by atoms with Crippen molar-refractivity contribution in [1.82, 2.24) is 0 Å². The van der Waals surface area contributed by atoms with Crippen LogP contribution < -0.4 is 0 Å². The third-order valence-electron chi connectivity index (χ3n) is 21.2. The zero-order valence-electron chi connectivity index (χ0n) is 69.8.